The van der Waals surface area contributed by atoms with Crippen molar-refractivity contribution in [2.45, 2.75) is 19.3 Å². The molecule has 1 aliphatic rings. The van der Waals surface area contributed by atoms with Gasteiger partial charge in [0, 0.05) is 66.5 Å². The topological polar surface area (TPSA) is 77.1 Å². The number of rotatable bonds is 8. The number of furan rings is 1. The maximum Gasteiger partial charge on any atom is 0.145 e. The minimum Gasteiger partial charge on any atom is -0.455 e. The highest BCUT2D eigenvalue weighted by atomic mass is 16.3. The SMILES string of the molecule is CC1(C)c2ccccc2-c2cc3c4cc(N(c5ccccc5)c5ccccc5)ccc4n(-c4cc(C#N)c(-n5c6ccc(N(c7ccccc7)c7ccccc7)cc6c6c7oc8ccccc8c7ccc65)cc4C#N)c3cc21. The monoisotopic (exact) mass is 998 g/mol. The molecule has 0 fully saturated rings. The summed E-state index contributed by atoms with van der Waals surface area (Å²) in [5.74, 6) is 0. The molecule has 15 rings (SSSR count). The molecule has 0 radical (unpaired) electrons. The van der Waals surface area contributed by atoms with Gasteiger partial charge in [-0.2, -0.15) is 10.5 Å². The van der Waals surface area contributed by atoms with Crippen LogP contribution in [0, 0.1) is 22.7 Å². The molecular formula is C71H46N6O. The molecule has 78 heavy (non-hydrogen) atoms. The molecule has 0 amide bonds. The average Bonchev–Trinajstić information content (AvgIpc) is 4.38. The molecule has 0 bridgehead atoms. The van der Waals surface area contributed by atoms with Crippen molar-refractivity contribution in [3.63, 3.8) is 0 Å². The number of fused-ring (bicyclic) bond motifs is 13. The molecule has 14 aromatic rings. The molecule has 0 unspecified atom stereocenters. The van der Waals surface area contributed by atoms with Gasteiger partial charge in [0.1, 0.15) is 23.3 Å². The van der Waals surface area contributed by atoms with Crippen LogP contribution in [0.5, 0.6) is 0 Å². The molecule has 7 heteroatoms. The number of benzene rings is 11. The Hall–Kier alpha value is -10.6. The third-order valence-electron chi connectivity index (χ3n) is 16.1. The fraction of sp³-hybridized carbons (Fsp3) is 0.0423. The second kappa shape index (κ2) is 17.2. The summed E-state index contributed by atoms with van der Waals surface area (Å²) in [7, 11) is 0. The van der Waals surface area contributed by atoms with Gasteiger partial charge >= 0.3 is 0 Å². The highest BCUT2D eigenvalue weighted by Gasteiger charge is 2.36. The minimum atomic E-state index is -0.287. The Morgan fingerprint density at radius 3 is 1.42 bits per heavy atom. The summed E-state index contributed by atoms with van der Waals surface area (Å²) < 4.78 is 11.2. The lowest BCUT2D eigenvalue weighted by molar-refractivity contribution is 0.661. The second-order valence-electron chi connectivity index (χ2n) is 20.7. The first-order valence-electron chi connectivity index (χ1n) is 26.3. The van der Waals surface area contributed by atoms with Crippen molar-refractivity contribution < 1.29 is 4.42 Å². The van der Waals surface area contributed by atoms with Crippen molar-refractivity contribution in [2.24, 2.45) is 0 Å². The van der Waals surface area contributed by atoms with Crippen LogP contribution >= 0.6 is 0 Å². The number of aromatic nitrogens is 2. The van der Waals surface area contributed by atoms with E-state index in [-0.39, 0.29) is 5.41 Å². The van der Waals surface area contributed by atoms with Gasteiger partial charge in [0.05, 0.1) is 50.0 Å². The van der Waals surface area contributed by atoms with Crippen molar-refractivity contribution in [3.8, 4) is 34.6 Å². The van der Waals surface area contributed by atoms with Crippen molar-refractivity contribution in [2.75, 3.05) is 9.80 Å². The lowest BCUT2D eigenvalue weighted by Crippen LogP contribution is -2.15. The molecule has 0 spiro atoms. The molecule has 0 aliphatic heterocycles. The van der Waals surface area contributed by atoms with Crippen LogP contribution in [0.25, 0.3) is 88.1 Å². The van der Waals surface area contributed by atoms with E-state index in [1.165, 1.54) is 22.3 Å². The van der Waals surface area contributed by atoms with E-state index in [1.807, 2.05) is 54.6 Å². The molecule has 0 saturated carbocycles. The van der Waals surface area contributed by atoms with E-state index in [9.17, 15) is 10.5 Å². The molecule has 0 atom stereocenters. The number of hydrogen-bond donors (Lipinski definition) is 0. The van der Waals surface area contributed by atoms with Gasteiger partial charge in [0.25, 0.3) is 0 Å². The van der Waals surface area contributed by atoms with E-state index in [4.69, 9.17) is 4.42 Å². The lowest BCUT2D eigenvalue weighted by Gasteiger charge is -2.25. The Kier molecular flexibility index (Phi) is 9.90. The number of nitrogens with zero attached hydrogens (tertiary/aromatic N) is 6. The van der Waals surface area contributed by atoms with E-state index >= 15 is 0 Å². The van der Waals surface area contributed by atoms with Gasteiger partial charge in [0.2, 0.25) is 0 Å². The average molecular weight is 999 g/mol. The molecular weight excluding hydrogens is 953 g/mol. The van der Waals surface area contributed by atoms with Crippen molar-refractivity contribution in [1.29, 1.82) is 10.5 Å². The molecule has 3 aromatic heterocycles. The molecule has 11 aromatic carbocycles. The molecule has 366 valence electrons. The number of anilines is 6. The Morgan fingerprint density at radius 2 is 0.846 bits per heavy atom. The number of nitriles is 2. The molecule has 1 aliphatic carbocycles. The van der Waals surface area contributed by atoms with E-state index in [1.54, 1.807) is 0 Å². The van der Waals surface area contributed by atoms with Gasteiger partial charge in [-0.25, -0.2) is 0 Å². The van der Waals surface area contributed by atoms with Gasteiger partial charge in [-0.3, -0.25) is 0 Å². The molecule has 0 N–H and O–H groups in total. The van der Waals surface area contributed by atoms with Gasteiger partial charge in [0.15, 0.2) is 0 Å². The summed E-state index contributed by atoms with van der Waals surface area (Å²) in [6.07, 6.45) is 0. The fourth-order valence-electron chi connectivity index (χ4n) is 12.6. The largest absolute Gasteiger partial charge is 0.455 e. The summed E-state index contributed by atoms with van der Waals surface area (Å²) in [5, 5.41) is 29.1. The summed E-state index contributed by atoms with van der Waals surface area (Å²) >= 11 is 0. The predicted octanol–water partition coefficient (Wildman–Crippen LogP) is 18.8. The summed E-state index contributed by atoms with van der Waals surface area (Å²) in [6.45, 7) is 4.59. The number of para-hydroxylation sites is 5. The Bertz CT molecular complexity index is 4770. The first-order valence-corrected chi connectivity index (χ1v) is 26.3. The maximum atomic E-state index is 11.6. The molecule has 0 saturated heterocycles. The van der Waals surface area contributed by atoms with Crippen LogP contribution in [-0.4, -0.2) is 9.13 Å². The first-order chi connectivity index (χ1) is 38.4. The molecule has 7 nitrogen and oxygen atoms in total. The van der Waals surface area contributed by atoms with E-state index in [0.717, 1.165) is 99.7 Å². The van der Waals surface area contributed by atoms with Crippen LogP contribution in [0.3, 0.4) is 0 Å². The smallest absolute Gasteiger partial charge is 0.145 e. The standard InChI is InChI=1S/C71H46N6O/c1-71(2)60-29-17-15-27-53(60)56-41-58-57-39-51(74(47-19-7-3-8-20-47)48-21-9-4-10-22-48)31-34-62(57)77(67(58)42-61(56)71)66-38-45(43-72)65(37-46(66)44-73)76-63-35-32-52(75(49-23-11-5-12-24-49)50-25-13-6-14-26-50)40-59(63)69-64(76)36-33-55-54-28-16-18-30-68(54)78-70(55)69/h3-42H,1-2H3. The van der Waals surface area contributed by atoms with Gasteiger partial charge in [-0.15, -0.1) is 0 Å². The van der Waals surface area contributed by atoms with E-state index in [0.29, 0.717) is 22.5 Å². The van der Waals surface area contributed by atoms with Gasteiger partial charge in [-0.05, 0) is 150 Å². The van der Waals surface area contributed by atoms with Crippen LogP contribution in [0.2, 0.25) is 0 Å². The van der Waals surface area contributed by atoms with Gasteiger partial charge < -0.3 is 23.4 Å². The van der Waals surface area contributed by atoms with Crippen molar-refractivity contribution in [3.05, 3.63) is 265 Å². The maximum absolute atomic E-state index is 11.6. The zero-order valence-electron chi connectivity index (χ0n) is 42.7. The van der Waals surface area contributed by atoms with Crippen molar-refractivity contribution >= 4 is 99.7 Å². The highest BCUT2D eigenvalue weighted by molar-refractivity contribution is 6.24. The molecule has 3 heterocycles. The highest BCUT2D eigenvalue weighted by Crippen LogP contribution is 2.52. The normalized spacial score (nSPS) is 12.6. The predicted molar refractivity (Wildman–Crippen MR) is 319 cm³/mol. The first kappa shape index (κ1) is 44.8. The summed E-state index contributed by atoms with van der Waals surface area (Å²) in [6, 6.07) is 89.7. The second-order valence-corrected chi connectivity index (χ2v) is 20.7. The lowest BCUT2D eigenvalue weighted by atomic mass is 9.82. The minimum absolute atomic E-state index is 0.287. The van der Waals surface area contributed by atoms with E-state index in [2.05, 4.69) is 233 Å². The van der Waals surface area contributed by atoms with Crippen LogP contribution in [0.15, 0.2) is 247 Å². The van der Waals surface area contributed by atoms with Crippen LogP contribution in [0.4, 0.5) is 34.1 Å². The zero-order chi connectivity index (χ0) is 52.2. The number of hydrogen-bond acceptors (Lipinski definition) is 5. The van der Waals surface area contributed by atoms with Crippen LogP contribution in [-0.2, 0) is 5.41 Å². The van der Waals surface area contributed by atoms with Gasteiger partial charge in [-0.1, -0.05) is 129 Å². The fourth-order valence-corrected chi connectivity index (χ4v) is 12.6. The zero-order valence-corrected chi connectivity index (χ0v) is 42.7. The Labute approximate surface area is 450 Å². The third kappa shape index (κ3) is 6.62. The van der Waals surface area contributed by atoms with Crippen molar-refractivity contribution in [1.82, 2.24) is 9.13 Å². The Morgan fingerprint density at radius 1 is 0.372 bits per heavy atom. The van der Waals surface area contributed by atoms with Crippen LogP contribution in [0.1, 0.15) is 36.1 Å². The summed E-state index contributed by atoms with van der Waals surface area (Å²) in [5.41, 5.74) is 18.0. The summed E-state index contributed by atoms with van der Waals surface area (Å²) in [4.78, 5) is 4.54. The van der Waals surface area contributed by atoms with E-state index < -0.39 is 0 Å². The van der Waals surface area contributed by atoms with Crippen LogP contribution < -0.4 is 9.80 Å². The third-order valence-corrected chi connectivity index (χ3v) is 16.1. The quantitative estimate of drug-likeness (QED) is 0.152. The Balaban J connectivity index is 0.990.